The lowest BCUT2D eigenvalue weighted by molar-refractivity contribution is -0.302. The minimum atomic E-state index is -1.08. The van der Waals surface area contributed by atoms with Crippen LogP contribution in [-0.4, -0.2) is 40.4 Å². The van der Waals surface area contributed by atoms with E-state index in [0.29, 0.717) is 23.7 Å². The van der Waals surface area contributed by atoms with Crippen LogP contribution in [0.1, 0.15) is 71.3 Å². The van der Waals surface area contributed by atoms with E-state index in [1.807, 2.05) is 18.5 Å². The molecule has 198 valence electrons. The van der Waals surface area contributed by atoms with Crippen molar-refractivity contribution in [3.8, 4) is 0 Å². The number of nitrogens with zero attached hydrogens (tertiary/aromatic N) is 1. The van der Waals surface area contributed by atoms with Crippen LogP contribution in [0, 0.1) is 34.5 Å². The first-order valence-corrected chi connectivity index (χ1v) is 12.9. The molecule has 3 aliphatic rings. The van der Waals surface area contributed by atoms with E-state index in [-0.39, 0.29) is 29.7 Å². The number of carboxylic acids is 1. The number of aromatic nitrogens is 1. The van der Waals surface area contributed by atoms with Crippen molar-refractivity contribution >= 4 is 5.97 Å². The summed E-state index contributed by atoms with van der Waals surface area (Å²) in [6.45, 7) is 12.2. The Balaban J connectivity index is 0.000000804. The lowest BCUT2D eigenvalue weighted by atomic mass is 9.49. The minimum absolute atomic E-state index is 0. The van der Waals surface area contributed by atoms with Gasteiger partial charge in [0, 0.05) is 31.5 Å². The van der Waals surface area contributed by atoms with Crippen LogP contribution in [0.15, 0.2) is 36.7 Å². The SMILES string of the molecule is C=C1CCC2[C@@H](CO)C([C@@]3(C)CC[C@H](O)C[C@@H]3CNCc3cccnc3)CC[C@@]12C.CC(=O)[O-].[NH4+]. The predicted molar refractivity (Wildman–Crippen MR) is 137 cm³/mol. The number of aliphatic carboxylic acids is 1. The molecule has 0 aromatic carbocycles. The summed E-state index contributed by atoms with van der Waals surface area (Å²) in [6.07, 6.45) is 11.0. The number of carbonyl (C=O) groups excluding carboxylic acids is 1. The van der Waals surface area contributed by atoms with Gasteiger partial charge in [-0.15, -0.1) is 0 Å². The molecule has 7 atom stereocenters. The lowest BCUT2D eigenvalue weighted by Gasteiger charge is -2.56. The van der Waals surface area contributed by atoms with Gasteiger partial charge in [0.25, 0.3) is 0 Å². The Morgan fingerprint density at radius 3 is 2.60 bits per heavy atom. The van der Waals surface area contributed by atoms with Crippen LogP contribution in [0.4, 0.5) is 0 Å². The van der Waals surface area contributed by atoms with E-state index in [1.54, 1.807) is 0 Å². The van der Waals surface area contributed by atoms with Crippen molar-refractivity contribution in [2.24, 2.45) is 34.5 Å². The van der Waals surface area contributed by atoms with Crippen molar-refractivity contribution < 1.29 is 20.1 Å². The summed E-state index contributed by atoms with van der Waals surface area (Å²) in [5, 5.41) is 33.5. The maximum Gasteiger partial charge on any atom is 0.0543 e. The second-order valence-electron chi connectivity index (χ2n) is 11.3. The molecule has 1 heterocycles. The van der Waals surface area contributed by atoms with E-state index < -0.39 is 5.97 Å². The summed E-state index contributed by atoms with van der Waals surface area (Å²) in [7, 11) is 0. The van der Waals surface area contributed by atoms with Gasteiger partial charge in [-0.1, -0.05) is 32.1 Å². The van der Waals surface area contributed by atoms with E-state index in [0.717, 1.165) is 45.7 Å². The molecule has 2 unspecified atom stereocenters. The molecular formula is C28H47N3O4. The second kappa shape index (κ2) is 12.4. The highest BCUT2D eigenvalue weighted by Crippen LogP contribution is 2.63. The van der Waals surface area contributed by atoms with Gasteiger partial charge in [-0.05, 0) is 105 Å². The third-order valence-electron chi connectivity index (χ3n) is 9.40. The van der Waals surface area contributed by atoms with E-state index in [2.05, 4.69) is 36.8 Å². The first kappa shape index (κ1) is 29.4. The third kappa shape index (κ3) is 6.50. The molecule has 0 spiro atoms. The number of aliphatic hydroxyl groups is 2. The topological polar surface area (TPSA) is 142 Å². The third-order valence-corrected chi connectivity index (χ3v) is 9.40. The van der Waals surface area contributed by atoms with Gasteiger partial charge in [0.1, 0.15) is 0 Å². The van der Waals surface area contributed by atoms with Crippen molar-refractivity contribution in [3.05, 3.63) is 42.2 Å². The average Bonchev–Trinajstić information content (AvgIpc) is 3.10. The van der Waals surface area contributed by atoms with Crippen molar-refractivity contribution in [1.82, 2.24) is 16.5 Å². The van der Waals surface area contributed by atoms with Crippen LogP contribution in [0.3, 0.4) is 0 Å². The standard InChI is InChI=1S/C26H40N2O2.C2H4O2.H3N/c1-18-6-7-23-22(17-29)24(9-11-25(18,23)2)26(3)10-8-21(30)13-20(26)16-28-15-19-5-4-12-27-14-19;1-2(3)4;/h4-5,12,14,20-24,28-30H,1,6-11,13,15-17H2,2-3H3;1H3,(H,3,4);1H3/t20-,21+,22-,23?,24?,25+,26+;;/m1../s1. The van der Waals surface area contributed by atoms with Gasteiger partial charge in [0.05, 0.1) is 6.10 Å². The first-order chi connectivity index (χ1) is 16.1. The number of quaternary nitrogens is 1. The molecule has 35 heavy (non-hydrogen) atoms. The number of aliphatic hydroxyl groups excluding tert-OH is 2. The molecule has 3 aliphatic carbocycles. The summed E-state index contributed by atoms with van der Waals surface area (Å²) in [6, 6.07) is 4.08. The zero-order valence-corrected chi connectivity index (χ0v) is 22.1. The molecule has 0 saturated heterocycles. The number of nitrogens with one attached hydrogen (secondary N) is 1. The second-order valence-corrected chi connectivity index (χ2v) is 11.3. The maximum atomic E-state index is 10.5. The molecule has 3 fully saturated rings. The molecule has 7 heteroatoms. The monoisotopic (exact) mass is 489 g/mol. The van der Waals surface area contributed by atoms with E-state index in [1.165, 1.54) is 30.4 Å². The Labute approximate surface area is 211 Å². The zero-order chi connectivity index (χ0) is 24.9. The average molecular weight is 490 g/mol. The van der Waals surface area contributed by atoms with Crippen LogP contribution in [-0.2, 0) is 11.3 Å². The number of carboxylic acid groups (broad SMARTS) is 1. The molecule has 3 saturated carbocycles. The smallest absolute Gasteiger partial charge is 0.0543 e. The molecule has 0 radical (unpaired) electrons. The molecule has 4 rings (SSSR count). The fourth-order valence-electron chi connectivity index (χ4n) is 7.36. The number of allylic oxidation sites excluding steroid dienone is 1. The molecule has 1 aromatic rings. The van der Waals surface area contributed by atoms with Crippen molar-refractivity contribution in [1.29, 1.82) is 0 Å². The predicted octanol–water partition coefficient (Wildman–Crippen LogP) is 3.46. The fraction of sp³-hybridized carbons (Fsp3) is 0.714. The van der Waals surface area contributed by atoms with Gasteiger partial charge in [-0.25, -0.2) is 0 Å². The number of pyridine rings is 1. The fourth-order valence-corrected chi connectivity index (χ4v) is 7.36. The molecule has 0 aliphatic heterocycles. The minimum Gasteiger partial charge on any atom is -0.550 e. The van der Waals surface area contributed by atoms with Crippen LogP contribution in [0.25, 0.3) is 0 Å². The Morgan fingerprint density at radius 1 is 1.26 bits per heavy atom. The summed E-state index contributed by atoms with van der Waals surface area (Å²) >= 11 is 0. The van der Waals surface area contributed by atoms with Gasteiger partial charge in [-0.3, -0.25) is 4.98 Å². The molecular weight excluding hydrogens is 442 g/mol. The zero-order valence-electron chi connectivity index (χ0n) is 22.1. The molecule has 0 bridgehead atoms. The van der Waals surface area contributed by atoms with Crippen LogP contribution < -0.4 is 16.6 Å². The molecule has 7 nitrogen and oxygen atoms in total. The number of hydrogen-bond acceptors (Lipinski definition) is 6. The lowest BCUT2D eigenvalue weighted by Crippen LogP contribution is -2.53. The number of fused-ring (bicyclic) bond motifs is 1. The number of carbonyl (C=O) groups is 1. The summed E-state index contributed by atoms with van der Waals surface area (Å²) in [4.78, 5) is 13.1. The van der Waals surface area contributed by atoms with Gasteiger partial charge in [0.2, 0.25) is 0 Å². The van der Waals surface area contributed by atoms with E-state index in [9.17, 15) is 10.2 Å². The Kier molecular flexibility index (Phi) is 10.5. The van der Waals surface area contributed by atoms with Crippen molar-refractivity contribution in [2.75, 3.05) is 13.2 Å². The van der Waals surface area contributed by atoms with Gasteiger partial charge >= 0.3 is 0 Å². The Hall–Kier alpha value is -1.80. The van der Waals surface area contributed by atoms with E-state index in [4.69, 9.17) is 9.90 Å². The van der Waals surface area contributed by atoms with Crippen LogP contribution >= 0.6 is 0 Å². The normalized spacial score (nSPS) is 36.4. The maximum absolute atomic E-state index is 10.5. The number of rotatable bonds is 6. The largest absolute Gasteiger partial charge is 0.550 e. The van der Waals surface area contributed by atoms with Crippen molar-refractivity contribution in [3.63, 3.8) is 0 Å². The Morgan fingerprint density at radius 2 is 1.97 bits per heavy atom. The highest BCUT2D eigenvalue weighted by molar-refractivity contribution is 5.60. The Bertz CT molecular complexity index is 831. The van der Waals surface area contributed by atoms with Gasteiger partial charge < -0.3 is 31.6 Å². The molecule has 1 aromatic heterocycles. The first-order valence-electron chi connectivity index (χ1n) is 12.9. The van der Waals surface area contributed by atoms with Crippen molar-refractivity contribution in [2.45, 2.75) is 78.4 Å². The van der Waals surface area contributed by atoms with Crippen LogP contribution in [0.5, 0.6) is 0 Å². The molecule has 0 amide bonds. The summed E-state index contributed by atoms with van der Waals surface area (Å²) in [5.41, 5.74) is 2.97. The number of hydrogen-bond donors (Lipinski definition) is 4. The summed E-state index contributed by atoms with van der Waals surface area (Å²) < 4.78 is 0. The quantitative estimate of drug-likeness (QED) is 0.451. The highest BCUT2D eigenvalue weighted by atomic mass is 16.4. The summed E-state index contributed by atoms with van der Waals surface area (Å²) in [5.74, 6) is 0.764. The van der Waals surface area contributed by atoms with Gasteiger partial charge in [-0.2, -0.15) is 0 Å². The van der Waals surface area contributed by atoms with Crippen LogP contribution in [0.2, 0.25) is 0 Å². The van der Waals surface area contributed by atoms with Gasteiger partial charge in [0.15, 0.2) is 0 Å². The highest BCUT2D eigenvalue weighted by Gasteiger charge is 2.56. The molecule has 7 N–H and O–H groups in total. The van der Waals surface area contributed by atoms with E-state index >= 15 is 0 Å².